The van der Waals surface area contributed by atoms with Gasteiger partial charge >= 0.3 is 0 Å². The van der Waals surface area contributed by atoms with E-state index in [9.17, 15) is 19.8 Å². The Labute approximate surface area is 236 Å². The maximum atomic E-state index is 12.5. The van der Waals surface area contributed by atoms with E-state index in [-0.39, 0.29) is 35.7 Å². The summed E-state index contributed by atoms with van der Waals surface area (Å²) < 4.78 is 0. The second kappa shape index (κ2) is 12.2. The molecule has 5 N–H and O–H groups in total. The van der Waals surface area contributed by atoms with Gasteiger partial charge in [0.2, 0.25) is 11.5 Å². The van der Waals surface area contributed by atoms with Crippen molar-refractivity contribution in [2.75, 3.05) is 6.54 Å². The van der Waals surface area contributed by atoms with Crippen molar-refractivity contribution in [2.45, 2.75) is 44.9 Å². The van der Waals surface area contributed by atoms with Crippen molar-refractivity contribution in [3.05, 3.63) is 109 Å². The first-order chi connectivity index (χ1) is 18.5. The normalized spacial score (nSPS) is 12.4. The van der Waals surface area contributed by atoms with Crippen LogP contribution in [0.15, 0.2) is 71.5 Å². The smallest absolute Gasteiger partial charge is 0.248 e. The molecular weight excluding hydrogens is 537 g/mol. The second-order valence-corrected chi connectivity index (χ2v) is 11.2. The highest BCUT2D eigenvalue weighted by molar-refractivity contribution is 6.34. The summed E-state index contributed by atoms with van der Waals surface area (Å²) >= 11 is 12.1. The first-order valence-corrected chi connectivity index (χ1v) is 13.3. The lowest BCUT2D eigenvalue weighted by molar-refractivity contribution is -0.120. The van der Waals surface area contributed by atoms with Crippen LogP contribution < -0.4 is 16.2 Å². The van der Waals surface area contributed by atoms with Gasteiger partial charge in [0.25, 0.3) is 0 Å². The summed E-state index contributed by atoms with van der Waals surface area (Å²) in [5.41, 5.74) is 3.00. The van der Waals surface area contributed by atoms with E-state index in [1.54, 1.807) is 30.3 Å². The highest BCUT2D eigenvalue weighted by Gasteiger charge is 2.21. The van der Waals surface area contributed by atoms with Crippen LogP contribution in [0, 0.1) is 0 Å². The molecule has 3 aromatic carbocycles. The molecule has 0 saturated carbocycles. The zero-order valence-corrected chi connectivity index (χ0v) is 23.2. The molecule has 7 nitrogen and oxygen atoms in total. The number of amides is 1. The quantitative estimate of drug-likeness (QED) is 0.184. The van der Waals surface area contributed by atoms with Crippen molar-refractivity contribution in [3.8, 4) is 5.75 Å². The second-order valence-electron chi connectivity index (χ2n) is 10.3. The number of fused-ring (bicyclic) bond motifs is 1. The molecule has 9 heteroatoms. The molecule has 4 aromatic rings. The molecule has 1 aromatic heterocycles. The predicted molar refractivity (Wildman–Crippen MR) is 155 cm³/mol. The largest absolute Gasteiger partial charge is 0.506 e. The summed E-state index contributed by atoms with van der Waals surface area (Å²) in [5.74, 6) is -0.152. The number of rotatable bonds is 10. The summed E-state index contributed by atoms with van der Waals surface area (Å²) in [7, 11) is 0. The number of β-amino-alcohol motifs (C(OH)–C–C–N with tert-alkyl or cyclic N) is 1. The minimum Gasteiger partial charge on any atom is -0.506 e. The van der Waals surface area contributed by atoms with Crippen molar-refractivity contribution in [1.82, 2.24) is 15.6 Å². The predicted octanol–water partition coefficient (Wildman–Crippen LogP) is 5.04. The number of aromatic nitrogens is 1. The van der Waals surface area contributed by atoms with Crippen molar-refractivity contribution >= 4 is 40.0 Å². The van der Waals surface area contributed by atoms with Gasteiger partial charge in [0.1, 0.15) is 5.75 Å². The average molecular weight is 569 g/mol. The molecule has 0 unspecified atom stereocenters. The van der Waals surface area contributed by atoms with Crippen molar-refractivity contribution in [2.24, 2.45) is 0 Å². The number of hydrogen-bond acceptors (Lipinski definition) is 5. The van der Waals surface area contributed by atoms with Crippen LogP contribution in [0.5, 0.6) is 5.75 Å². The lowest BCUT2D eigenvalue weighted by atomic mass is 9.92. The minimum absolute atomic E-state index is 0.0469. The van der Waals surface area contributed by atoms with Crippen LogP contribution in [0.1, 0.15) is 42.2 Å². The third kappa shape index (κ3) is 7.83. The Kier molecular flexibility index (Phi) is 8.97. The number of benzene rings is 3. The number of phenols is 1. The number of aromatic hydroxyl groups is 1. The monoisotopic (exact) mass is 567 g/mol. The van der Waals surface area contributed by atoms with Gasteiger partial charge in [-0.1, -0.05) is 53.5 Å². The van der Waals surface area contributed by atoms with E-state index in [0.29, 0.717) is 39.5 Å². The number of pyridine rings is 1. The number of carbonyl (C=O) groups is 1. The average Bonchev–Trinajstić information content (AvgIpc) is 2.86. The van der Waals surface area contributed by atoms with Crippen LogP contribution in [0.4, 0.5) is 0 Å². The lowest BCUT2D eigenvalue weighted by Crippen LogP contribution is -2.43. The summed E-state index contributed by atoms with van der Waals surface area (Å²) in [6.07, 6.45) is 0.0487. The standard InChI is InChI=1S/C30H31Cl2N3O4/c1-30(2,34-17-26(37)23-6-8-25(36)29-24(23)7-9-27(38)35-29)15-19-5-3-4-18(10-19)13-28(39)33-16-20-11-21(31)14-22(32)12-20/h3-12,14,26,34,36-37H,13,15-17H2,1-2H3,(H,33,39)(H,35,38)/t26-/m0/s1. The molecule has 0 radical (unpaired) electrons. The number of carbonyl (C=O) groups excluding carboxylic acids is 1. The Balaban J connectivity index is 1.35. The van der Waals surface area contributed by atoms with Gasteiger partial charge in [-0.2, -0.15) is 0 Å². The zero-order valence-electron chi connectivity index (χ0n) is 21.7. The van der Waals surface area contributed by atoms with E-state index in [2.05, 4.69) is 15.6 Å². The lowest BCUT2D eigenvalue weighted by Gasteiger charge is -2.28. The Hall–Kier alpha value is -3.36. The third-order valence-corrected chi connectivity index (χ3v) is 6.89. The number of aliphatic hydroxyl groups is 1. The van der Waals surface area contributed by atoms with Crippen LogP contribution in [-0.4, -0.2) is 33.2 Å². The van der Waals surface area contributed by atoms with Crippen molar-refractivity contribution in [1.29, 1.82) is 0 Å². The topological polar surface area (TPSA) is 114 Å². The van der Waals surface area contributed by atoms with Gasteiger partial charge in [0.05, 0.1) is 18.0 Å². The molecule has 1 atom stereocenters. The Morgan fingerprint density at radius 3 is 2.44 bits per heavy atom. The number of halogens is 2. The van der Waals surface area contributed by atoms with Crippen LogP contribution in [0.2, 0.25) is 10.0 Å². The van der Waals surface area contributed by atoms with E-state index < -0.39 is 6.10 Å². The van der Waals surface area contributed by atoms with E-state index >= 15 is 0 Å². The number of aliphatic hydroxyl groups excluding tert-OH is 1. The van der Waals surface area contributed by atoms with Crippen LogP contribution in [-0.2, 0) is 24.2 Å². The van der Waals surface area contributed by atoms with Gasteiger partial charge in [-0.3, -0.25) is 9.59 Å². The summed E-state index contributed by atoms with van der Waals surface area (Å²) in [6, 6.07) is 19.2. The van der Waals surface area contributed by atoms with Gasteiger partial charge in [-0.25, -0.2) is 0 Å². The first-order valence-electron chi connectivity index (χ1n) is 12.6. The summed E-state index contributed by atoms with van der Waals surface area (Å²) in [6.45, 7) is 4.69. The molecular formula is C30H31Cl2N3O4. The fraction of sp³-hybridized carbons (Fsp3) is 0.267. The van der Waals surface area contributed by atoms with Gasteiger partial charge in [-0.05, 0) is 72.9 Å². The molecule has 0 bridgehead atoms. The molecule has 0 aliphatic carbocycles. The fourth-order valence-electron chi connectivity index (χ4n) is 4.62. The van der Waals surface area contributed by atoms with E-state index in [0.717, 1.165) is 16.7 Å². The van der Waals surface area contributed by atoms with Gasteiger partial charge in [0, 0.05) is 40.1 Å². The third-order valence-electron chi connectivity index (χ3n) is 6.45. The first kappa shape index (κ1) is 28.6. The molecule has 204 valence electrons. The fourth-order valence-corrected chi connectivity index (χ4v) is 5.19. The number of H-pyrrole nitrogens is 1. The highest BCUT2D eigenvalue weighted by Crippen LogP contribution is 2.29. The van der Waals surface area contributed by atoms with Crippen LogP contribution in [0.25, 0.3) is 10.9 Å². The molecule has 4 rings (SSSR count). The van der Waals surface area contributed by atoms with Gasteiger partial charge in [-0.15, -0.1) is 0 Å². The zero-order chi connectivity index (χ0) is 28.2. The molecule has 1 amide bonds. The van der Waals surface area contributed by atoms with Gasteiger partial charge < -0.3 is 25.8 Å². The molecule has 0 aliphatic rings. The molecule has 39 heavy (non-hydrogen) atoms. The summed E-state index contributed by atoms with van der Waals surface area (Å²) in [4.78, 5) is 26.8. The molecule has 0 saturated heterocycles. The van der Waals surface area contributed by atoms with Crippen LogP contribution >= 0.6 is 23.2 Å². The SMILES string of the molecule is CC(C)(Cc1cccc(CC(=O)NCc2cc(Cl)cc(Cl)c2)c1)NC[C@H](O)c1ccc(O)c2[nH]c(=O)ccc12. The van der Waals surface area contributed by atoms with Crippen molar-refractivity contribution < 1.29 is 15.0 Å². The van der Waals surface area contributed by atoms with Crippen LogP contribution in [0.3, 0.4) is 0 Å². The number of nitrogens with one attached hydrogen (secondary N) is 3. The number of hydrogen-bond donors (Lipinski definition) is 5. The van der Waals surface area contributed by atoms with E-state index in [1.807, 2.05) is 38.1 Å². The number of aromatic amines is 1. The molecule has 0 fully saturated rings. The minimum atomic E-state index is -0.859. The molecule has 0 aliphatic heterocycles. The van der Waals surface area contributed by atoms with E-state index in [1.165, 1.54) is 12.1 Å². The maximum Gasteiger partial charge on any atom is 0.248 e. The Bertz CT molecular complexity index is 1530. The number of phenolic OH excluding ortho intramolecular Hbond substituents is 1. The summed E-state index contributed by atoms with van der Waals surface area (Å²) in [5, 5.41) is 29.0. The van der Waals surface area contributed by atoms with E-state index in [4.69, 9.17) is 23.2 Å². The Morgan fingerprint density at radius 1 is 0.974 bits per heavy atom. The Morgan fingerprint density at radius 2 is 1.69 bits per heavy atom. The molecule has 0 spiro atoms. The molecule has 1 heterocycles. The highest BCUT2D eigenvalue weighted by atomic mass is 35.5. The maximum absolute atomic E-state index is 12.5. The van der Waals surface area contributed by atoms with Gasteiger partial charge in [0.15, 0.2) is 0 Å². The van der Waals surface area contributed by atoms with Crippen molar-refractivity contribution in [3.63, 3.8) is 0 Å².